The van der Waals surface area contributed by atoms with Crippen LogP contribution in [0.15, 0.2) is 79.4 Å². The van der Waals surface area contributed by atoms with Crippen LogP contribution < -0.4 is 0 Å². The lowest BCUT2D eigenvalue weighted by Gasteiger charge is -2.15. The number of allylic oxidation sites excluding steroid dienone is 1. The van der Waals surface area contributed by atoms with Crippen molar-refractivity contribution in [3.05, 3.63) is 107 Å². The molecule has 0 spiro atoms. The lowest BCUT2D eigenvalue weighted by molar-refractivity contribution is 1.00. The zero-order chi connectivity index (χ0) is 17.2. The predicted octanol–water partition coefficient (Wildman–Crippen LogP) is 6.68. The Hall–Kier alpha value is -2.86. The molecule has 0 unspecified atom stereocenters. The van der Waals surface area contributed by atoms with Crippen molar-refractivity contribution in [2.45, 2.75) is 19.8 Å². The number of fused-ring (bicyclic) bond motifs is 2. The minimum absolute atomic E-state index is 1.04. The fourth-order valence-corrected chi connectivity index (χ4v) is 3.53. The molecule has 0 aromatic heterocycles. The third-order valence-electron chi connectivity index (χ3n) is 4.98. The summed E-state index contributed by atoms with van der Waals surface area (Å²) < 4.78 is 0. The van der Waals surface area contributed by atoms with Gasteiger partial charge in [0.15, 0.2) is 0 Å². The molecule has 4 rings (SSSR count). The monoisotopic (exact) mass is 322 g/mol. The molecule has 0 N–H and O–H groups in total. The molecule has 0 nitrogen and oxygen atoms in total. The predicted molar refractivity (Wildman–Crippen MR) is 109 cm³/mol. The molecule has 3 aromatic carbocycles. The average Bonchev–Trinajstić information content (AvgIpc) is 2.71. The zero-order valence-electron chi connectivity index (χ0n) is 14.6. The molecule has 1 aliphatic carbocycles. The smallest absolute Gasteiger partial charge is 0.0111 e. The van der Waals surface area contributed by atoms with E-state index in [0.29, 0.717) is 0 Å². The van der Waals surface area contributed by atoms with Crippen LogP contribution in [0.2, 0.25) is 0 Å². The topological polar surface area (TPSA) is 0 Å². The molecule has 0 amide bonds. The second kappa shape index (κ2) is 6.57. The maximum absolute atomic E-state index is 4.42. The molecule has 0 heterocycles. The van der Waals surface area contributed by atoms with Crippen LogP contribution in [-0.2, 0) is 6.42 Å². The highest BCUT2D eigenvalue weighted by atomic mass is 14.2. The Morgan fingerprint density at radius 3 is 2.40 bits per heavy atom. The average molecular weight is 322 g/mol. The van der Waals surface area contributed by atoms with Gasteiger partial charge in [0.1, 0.15) is 0 Å². The van der Waals surface area contributed by atoms with Crippen LogP contribution in [0, 0.1) is 6.92 Å². The zero-order valence-corrected chi connectivity index (χ0v) is 14.6. The molecule has 1 aliphatic rings. The lowest BCUT2D eigenvalue weighted by Crippen LogP contribution is -1.96. The van der Waals surface area contributed by atoms with E-state index in [9.17, 15) is 0 Å². The third-order valence-corrected chi connectivity index (χ3v) is 4.98. The van der Waals surface area contributed by atoms with Gasteiger partial charge in [-0.05, 0) is 58.7 Å². The summed E-state index contributed by atoms with van der Waals surface area (Å²) in [4.78, 5) is 0. The number of rotatable bonds is 1. The van der Waals surface area contributed by atoms with E-state index in [1.165, 1.54) is 38.9 Å². The number of benzene rings is 3. The Kier molecular flexibility index (Phi) is 4.11. The molecule has 0 heteroatoms. The van der Waals surface area contributed by atoms with Crippen LogP contribution in [0.3, 0.4) is 0 Å². The highest BCUT2D eigenvalue weighted by Gasteiger charge is 2.13. The van der Waals surface area contributed by atoms with Crippen molar-refractivity contribution in [1.82, 2.24) is 0 Å². The van der Waals surface area contributed by atoms with Gasteiger partial charge >= 0.3 is 0 Å². The van der Waals surface area contributed by atoms with Crippen LogP contribution in [0.25, 0.3) is 22.8 Å². The van der Waals surface area contributed by atoms with Crippen molar-refractivity contribution in [2.75, 3.05) is 0 Å². The van der Waals surface area contributed by atoms with Gasteiger partial charge in [-0.2, -0.15) is 0 Å². The summed E-state index contributed by atoms with van der Waals surface area (Å²) in [5.41, 5.74) is 10.1. The summed E-state index contributed by atoms with van der Waals surface area (Å²) in [6.45, 7) is 6.55. The Labute approximate surface area is 150 Å². The van der Waals surface area contributed by atoms with Crippen LogP contribution >= 0.6 is 0 Å². The Balaban J connectivity index is 1.82. The summed E-state index contributed by atoms with van der Waals surface area (Å²) in [7, 11) is 0. The van der Waals surface area contributed by atoms with Gasteiger partial charge in [-0.15, -0.1) is 0 Å². The third kappa shape index (κ3) is 3.08. The summed E-state index contributed by atoms with van der Waals surface area (Å²) in [5.74, 6) is 0. The largest absolute Gasteiger partial charge is 0.0905 e. The molecule has 3 aromatic rings. The maximum atomic E-state index is 4.42. The van der Waals surface area contributed by atoms with Gasteiger partial charge in [-0.3, -0.25) is 0 Å². The fraction of sp³-hybridized carbons (Fsp3) is 0.120. The molecular weight excluding hydrogens is 300 g/mol. The van der Waals surface area contributed by atoms with Gasteiger partial charge in [-0.1, -0.05) is 91.0 Å². The molecule has 0 saturated carbocycles. The minimum Gasteiger partial charge on any atom is -0.0905 e. The van der Waals surface area contributed by atoms with E-state index in [4.69, 9.17) is 0 Å². The van der Waals surface area contributed by atoms with Gasteiger partial charge in [-0.25, -0.2) is 0 Å². The van der Waals surface area contributed by atoms with E-state index in [-0.39, 0.29) is 0 Å². The van der Waals surface area contributed by atoms with Crippen LogP contribution in [0.5, 0.6) is 0 Å². The Morgan fingerprint density at radius 1 is 0.800 bits per heavy atom. The summed E-state index contributed by atoms with van der Waals surface area (Å²) in [5, 5.41) is 0. The standard InChI is InChI=1S/C25H22/c1-18-11-13-20(14-12-18)22-15-16-25-19(2)24-10-6-5-8-21(24)7-3-4-9-23(25)17-22/h3,5-8,10-17H,2,4,9H2,1H3/b7-3-. The van der Waals surface area contributed by atoms with Crippen molar-refractivity contribution >= 4 is 11.6 Å². The van der Waals surface area contributed by atoms with E-state index in [2.05, 4.69) is 92.4 Å². The SMILES string of the molecule is C=C1c2ccccc2/C=C\CCc2cc(-c3ccc(C)cc3)ccc21. The molecule has 0 atom stereocenters. The van der Waals surface area contributed by atoms with Crippen LogP contribution in [-0.4, -0.2) is 0 Å². The molecular formula is C25H22. The van der Waals surface area contributed by atoms with E-state index in [1.54, 1.807) is 0 Å². The summed E-state index contributed by atoms with van der Waals surface area (Å²) in [6.07, 6.45) is 6.59. The van der Waals surface area contributed by atoms with Crippen molar-refractivity contribution < 1.29 is 0 Å². The van der Waals surface area contributed by atoms with E-state index >= 15 is 0 Å². The van der Waals surface area contributed by atoms with Crippen molar-refractivity contribution in [3.8, 4) is 11.1 Å². The van der Waals surface area contributed by atoms with Crippen LogP contribution in [0.1, 0.15) is 34.2 Å². The highest BCUT2D eigenvalue weighted by Crippen LogP contribution is 2.33. The van der Waals surface area contributed by atoms with Gasteiger partial charge in [0, 0.05) is 0 Å². The number of hydrogen-bond acceptors (Lipinski definition) is 0. The first kappa shape index (κ1) is 15.7. The normalized spacial score (nSPS) is 14.7. The molecule has 0 aliphatic heterocycles. The first-order valence-electron chi connectivity index (χ1n) is 8.87. The first-order chi connectivity index (χ1) is 12.2. The quantitative estimate of drug-likeness (QED) is 0.468. The van der Waals surface area contributed by atoms with E-state index in [1.807, 2.05) is 0 Å². The van der Waals surface area contributed by atoms with Crippen molar-refractivity contribution in [2.24, 2.45) is 0 Å². The van der Waals surface area contributed by atoms with Gasteiger partial charge in [0.05, 0.1) is 0 Å². The molecule has 0 bridgehead atoms. The lowest BCUT2D eigenvalue weighted by atomic mass is 9.89. The van der Waals surface area contributed by atoms with Crippen LogP contribution in [0.4, 0.5) is 0 Å². The highest BCUT2D eigenvalue weighted by molar-refractivity contribution is 5.85. The summed E-state index contributed by atoms with van der Waals surface area (Å²) in [6, 6.07) is 24.1. The molecule has 0 radical (unpaired) electrons. The number of hydrogen-bond donors (Lipinski definition) is 0. The number of aryl methyl sites for hydroxylation is 2. The summed E-state index contributed by atoms with van der Waals surface area (Å²) >= 11 is 0. The van der Waals surface area contributed by atoms with Gasteiger partial charge in [0.2, 0.25) is 0 Å². The first-order valence-corrected chi connectivity index (χ1v) is 8.87. The fourth-order valence-electron chi connectivity index (χ4n) is 3.53. The Bertz CT molecular complexity index is 956. The molecule has 122 valence electrons. The van der Waals surface area contributed by atoms with Crippen molar-refractivity contribution in [1.29, 1.82) is 0 Å². The second-order valence-corrected chi connectivity index (χ2v) is 6.74. The van der Waals surface area contributed by atoms with Gasteiger partial charge < -0.3 is 0 Å². The second-order valence-electron chi connectivity index (χ2n) is 6.74. The minimum atomic E-state index is 1.04. The molecule has 0 fully saturated rings. The van der Waals surface area contributed by atoms with E-state index < -0.39 is 0 Å². The van der Waals surface area contributed by atoms with Crippen molar-refractivity contribution in [3.63, 3.8) is 0 Å². The molecule has 25 heavy (non-hydrogen) atoms. The Morgan fingerprint density at radius 2 is 1.56 bits per heavy atom. The van der Waals surface area contributed by atoms with Gasteiger partial charge in [0.25, 0.3) is 0 Å². The maximum Gasteiger partial charge on any atom is -0.0111 e. The molecule has 0 saturated heterocycles. The van der Waals surface area contributed by atoms with E-state index in [0.717, 1.165) is 18.4 Å².